The molecule has 1 aromatic rings. The molecule has 1 aliphatic rings. The van der Waals surface area contributed by atoms with Crippen molar-refractivity contribution < 1.29 is 19.4 Å². The molecule has 5 nitrogen and oxygen atoms in total. The Morgan fingerprint density at radius 2 is 2.11 bits per heavy atom. The molecular formula is C13H17NO4. The Kier molecular flexibility index (Phi) is 3.60. The van der Waals surface area contributed by atoms with Crippen molar-refractivity contribution in [3.8, 4) is 11.5 Å². The number of carboxylic acid groups (broad SMARTS) is 1. The predicted octanol–water partition coefficient (Wildman–Crippen LogP) is 1.98. The number of hydrogen-bond donors (Lipinski definition) is 2. The van der Waals surface area contributed by atoms with Crippen LogP contribution in [0, 0.1) is 5.92 Å². The van der Waals surface area contributed by atoms with Crippen molar-refractivity contribution in [2.75, 3.05) is 19.5 Å². The molecule has 0 amide bonds. The maximum Gasteiger partial charge on any atom is 0.308 e. The van der Waals surface area contributed by atoms with Gasteiger partial charge in [-0.1, -0.05) is 0 Å². The molecule has 1 saturated carbocycles. The summed E-state index contributed by atoms with van der Waals surface area (Å²) in [5, 5.41) is 12.2. The number of ether oxygens (including phenoxy) is 2. The second kappa shape index (κ2) is 5.16. The van der Waals surface area contributed by atoms with Gasteiger partial charge in [0.05, 0.1) is 25.8 Å². The van der Waals surface area contributed by atoms with Crippen molar-refractivity contribution in [2.24, 2.45) is 5.92 Å². The van der Waals surface area contributed by atoms with Gasteiger partial charge in [-0.05, 0) is 25.0 Å². The SMILES string of the molecule is COc1ccc(OC)c(NC2CCC2C(=O)O)c1. The molecule has 2 atom stereocenters. The smallest absolute Gasteiger partial charge is 0.308 e. The average Bonchev–Trinajstić information content (AvgIpc) is 2.33. The van der Waals surface area contributed by atoms with Crippen LogP contribution in [-0.4, -0.2) is 31.3 Å². The fourth-order valence-corrected chi connectivity index (χ4v) is 2.09. The average molecular weight is 251 g/mol. The lowest BCUT2D eigenvalue weighted by molar-refractivity contribution is -0.144. The summed E-state index contributed by atoms with van der Waals surface area (Å²) in [4.78, 5) is 11.0. The van der Waals surface area contributed by atoms with E-state index in [2.05, 4.69) is 5.32 Å². The molecule has 2 rings (SSSR count). The Hall–Kier alpha value is -1.91. The number of carbonyl (C=O) groups is 1. The maximum atomic E-state index is 11.0. The quantitative estimate of drug-likeness (QED) is 0.837. The minimum absolute atomic E-state index is 0.0384. The van der Waals surface area contributed by atoms with Gasteiger partial charge in [0.15, 0.2) is 0 Å². The molecule has 2 unspecified atom stereocenters. The van der Waals surface area contributed by atoms with Gasteiger partial charge in [-0.15, -0.1) is 0 Å². The van der Waals surface area contributed by atoms with Gasteiger partial charge < -0.3 is 19.9 Å². The van der Waals surface area contributed by atoms with E-state index in [9.17, 15) is 4.79 Å². The Labute approximate surface area is 106 Å². The summed E-state index contributed by atoms with van der Waals surface area (Å²) in [6.07, 6.45) is 1.58. The largest absolute Gasteiger partial charge is 0.497 e. The molecule has 1 aliphatic carbocycles. The van der Waals surface area contributed by atoms with Crippen LogP contribution in [-0.2, 0) is 4.79 Å². The van der Waals surface area contributed by atoms with E-state index in [4.69, 9.17) is 14.6 Å². The summed E-state index contributed by atoms with van der Waals surface area (Å²) >= 11 is 0. The van der Waals surface area contributed by atoms with E-state index in [0.717, 1.165) is 18.5 Å². The number of benzene rings is 1. The van der Waals surface area contributed by atoms with Gasteiger partial charge >= 0.3 is 5.97 Å². The Morgan fingerprint density at radius 3 is 2.61 bits per heavy atom. The third-order valence-electron chi connectivity index (χ3n) is 3.34. The summed E-state index contributed by atoms with van der Waals surface area (Å²) < 4.78 is 10.4. The first kappa shape index (κ1) is 12.5. The predicted molar refractivity (Wildman–Crippen MR) is 67.3 cm³/mol. The molecule has 0 bridgehead atoms. The molecule has 0 aliphatic heterocycles. The molecule has 18 heavy (non-hydrogen) atoms. The van der Waals surface area contributed by atoms with Crippen molar-refractivity contribution in [3.63, 3.8) is 0 Å². The van der Waals surface area contributed by atoms with E-state index >= 15 is 0 Å². The summed E-state index contributed by atoms with van der Waals surface area (Å²) in [5.74, 6) is 0.331. The van der Waals surface area contributed by atoms with Crippen LogP contribution in [0.3, 0.4) is 0 Å². The van der Waals surface area contributed by atoms with Gasteiger partial charge in [0.2, 0.25) is 0 Å². The van der Waals surface area contributed by atoms with Crippen LogP contribution < -0.4 is 14.8 Å². The molecular weight excluding hydrogens is 234 g/mol. The van der Waals surface area contributed by atoms with E-state index in [0.29, 0.717) is 11.5 Å². The molecule has 0 spiro atoms. The van der Waals surface area contributed by atoms with Crippen LogP contribution in [0.15, 0.2) is 18.2 Å². The summed E-state index contributed by atoms with van der Waals surface area (Å²) in [6.45, 7) is 0. The number of aliphatic carboxylic acids is 1. The number of hydrogen-bond acceptors (Lipinski definition) is 4. The highest BCUT2D eigenvalue weighted by atomic mass is 16.5. The van der Waals surface area contributed by atoms with Crippen LogP contribution in [0.4, 0.5) is 5.69 Å². The van der Waals surface area contributed by atoms with Crippen LogP contribution in [0.5, 0.6) is 11.5 Å². The number of rotatable bonds is 5. The van der Waals surface area contributed by atoms with Crippen LogP contribution >= 0.6 is 0 Å². The van der Waals surface area contributed by atoms with Crippen molar-refractivity contribution in [1.82, 2.24) is 0 Å². The highest BCUT2D eigenvalue weighted by Crippen LogP contribution is 2.35. The van der Waals surface area contributed by atoms with Gasteiger partial charge in [-0.2, -0.15) is 0 Å². The second-order valence-electron chi connectivity index (χ2n) is 4.34. The lowest BCUT2D eigenvalue weighted by Gasteiger charge is -2.35. The Bertz CT molecular complexity index is 447. The monoisotopic (exact) mass is 251 g/mol. The number of anilines is 1. The summed E-state index contributed by atoms with van der Waals surface area (Å²) in [7, 11) is 3.18. The van der Waals surface area contributed by atoms with E-state index in [1.54, 1.807) is 26.4 Å². The Balaban J connectivity index is 2.14. The molecule has 1 fully saturated rings. The molecule has 5 heteroatoms. The highest BCUT2D eigenvalue weighted by molar-refractivity contribution is 5.73. The van der Waals surface area contributed by atoms with Crippen LogP contribution in [0.2, 0.25) is 0 Å². The van der Waals surface area contributed by atoms with Crippen molar-refractivity contribution in [2.45, 2.75) is 18.9 Å². The molecule has 2 N–H and O–H groups in total. The zero-order valence-corrected chi connectivity index (χ0v) is 10.5. The van der Waals surface area contributed by atoms with Gasteiger partial charge in [-0.25, -0.2) is 0 Å². The van der Waals surface area contributed by atoms with Crippen molar-refractivity contribution in [3.05, 3.63) is 18.2 Å². The molecule has 0 heterocycles. The summed E-state index contributed by atoms with van der Waals surface area (Å²) in [5.41, 5.74) is 0.771. The van der Waals surface area contributed by atoms with Gasteiger partial charge in [0.25, 0.3) is 0 Å². The maximum absolute atomic E-state index is 11.0. The van der Waals surface area contributed by atoms with Crippen LogP contribution in [0.25, 0.3) is 0 Å². The van der Waals surface area contributed by atoms with E-state index in [1.807, 2.05) is 6.07 Å². The molecule has 0 saturated heterocycles. The zero-order chi connectivity index (χ0) is 13.1. The number of nitrogens with one attached hydrogen (secondary N) is 1. The van der Waals surface area contributed by atoms with E-state index in [1.165, 1.54) is 0 Å². The third kappa shape index (κ3) is 2.34. The minimum Gasteiger partial charge on any atom is -0.497 e. The first-order valence-corrected chi connectivity index (χ1v) is 5.87. The van der Waals surface area contributed by atoms with Crippen LogP contribution in [0.1, 0.15) is 12.8 Å². The second-order valence-corrected chi connectivity index (χ2v) is 4.34. The lowest BCUT2D eigenvalue weighted by Crippen LogP contribution is -2.43. The van der Waals surface area contributed by atoms with Gasteiger partial charge in [-0.3, -0.25) is 4.79 Å². The van der Waals surface area contributed by atoms with E-state index in [-0.39, 0.29) is 12.0 Å². The zero-order valence-electron chi connectivity index (χ0n) is 10.5. The fourth-order valence-electron chi connectivity index (χ4n) is 2.09. The van der Waals surface area contributed by atoms with Crippen molar-refractivity contribution >= 4 is 11.7 Å². The normalized spacial score (nSPS) is 21.9. The number of carboxylic acids is 1. The van der Waals surface area contributed by atoms with Gasteiger partial charge in [0, 0.05) is 12.1 Å². The first-order valence-electron chi connectivity index (χ1n) is 5.87. The number of methoxy groups -OCH3 is 2. The lowest BCUT2D eigenvalue weighted by atomic mass is 9.79. The van der Waals surface area contributed by atoms with E-state index < -0.39 is 5.97 Å². The molecule has 98 valence electrons. The first-order chi connectivity index (χ1) is 8.65. The van der Waals surface area contributed by atoms with Crippen molar-refractivity contribution in [1.29, 1.82) is 0 Å². The molecule has 0 aromatic heterocycles. The minimum atomic E-state index is -0.749. The highest BCUT2D eigenvalue weighted by Gasteiger charge is 2.36. The third-order valence-corrected chi connectivity index (χ3v) is 3.34. The standard InChI is InChI=1S/C13H17NO4/c1-17-8-3-6-12(18-2)11(7-8)14-10-5-4-9(10)13(15)16/h3,6-7,9-10,14H,4-5H2,1-2H3,(H,15,16). The topological polar surface area (TPSA) is 67.8 Å². The van der Waals surface area contributed by atoms with Gasteiger partial charge in [0.1, 0.15) is 11.5 Å². The molecule has 1 aromatic carbocycles. The Morgan fingerprint density at radius 1 is 1.33 bits per heavy atom. The summed E-state index contributed by atoms with van der Waals surface area (Å²) in [6, 6.07) is 5.38. The molecule has 0 radical (unpaired) electrons. The fraction of sp³-hybridized carbons (Fsp3) is 0.462.